The van der Waals surface area contributed by atoms with Gasteiger partial charge in [0.05, 0.1) is 0 Å². The van der Waals surface area contributed by atoms with Crippen LogP contribution in [0.4, 0.5) is 0 Å². The van der Waals surface area contributed by atoms with Gasteiger partial charge in [-0.3, -0.25) is 0 Å². The second kappa shape index (κ2) is 3.34. The summed E-state index contributed by atoms with van der Waals surface area (Å²) in [5.41, 5.74) is 1.56. The Kier molecular flexibility index (Phi) is 2.20. The van der Waals surface area contributed by atoms with Crippen LogP contribution in [-0.4, -0.2) is 18.0 Å². The third kappa shape index (κ3) is 1.55. The Bertz CT molecular complexity index is 215. The summed E-state index contributed by atoms with van der Waals surface area (Å²) >= 11 is 0. The zero-order valence-corrected chi connectivity index (χ0v) is 7.79. The van der Waals surface area contributed by atoms with Crippen molar-refractivity contribution in [2.24, 2.45) is 5.92 Å². The topological polar surface area (TPSA) is 3.24 Å². The number of likely N-dealkylation sites (tertiary alicyclic amines) is 1. The molecule has 66 valence electrons. The molecule has 1 heteroatoms. The van der Waals surface area contributed by atoms with E-state index in [1.807, 2.05) is 0 Å². The minimum Gasteiger partial charge on any atom is -0.375 e. The highest BCUT2D eigenvalue weighted by Gasteiger charge is 2.20. The first-order valence-electron chi connectivity index (χ1n) is 4.97. The van der Waals surface area contributed by atoms with E-state index < -0.39 is 0 Å². The van der Waals surface area contributed by atoms with E-state index in [9.17, 15) is 0 Å². The van der Waals surface area contributed by atoms with Crippen molar-refractivity contribution < 1.29 is 0 Å². The van der Waals surface area contributed by atoms with E-state index in [2.05, 4.69) is 30.1 Å². The van der Waals surface area contributed by atoms with Crippen molar-refractivity contribution >= 4 is 0 Å². The van der Waals surface area contributed by atoms with Crippen molar-refractivity contribution in [2.75, 3.05) is 13.1 Å². The van der Waals surface area contributed by atoms with Gasteiger partial charge in [0.25, 0.3) is 0 Å². The average Bonchev–Trinajstić information content (AvgIpc) is 2.54. The molecule has 0 spiro atoms. The molecule has 0 N–H and O–H groups in total. The average molecular weight is 163 g/mol. The molecule has 1 atom stereocenters. The lowest BCUT2D eigenvalue weighted by Crippen LogP contribution is -2.20. The van der Waals surface area contributed by atoms with Crippen molar-refractivity contribution in [3.8, 4) is 0 Å². The molecule has 0 bridgehead atoms. The maximum Gasteiger partial charge on any atom is 0.0201 e. The molecule has 0 aromatic rings. The first kappa shape index (κ1) is 7.90. The van der Waals surface area contributed by atoms with Gasteiger partial charge in [-0.1, -0.05) is 19.1 Å². The van der Waals surface area contributed by atoms with Crippen LogP contribution in [0, 0.1) is 5.92 Å². The molecule has 2 aliphatic rings. The number of hydrogen-bond donors (Lipinski definition) is 0. The fourth-order valence-corrected chi connectivity index (χ4v) is 2.05. The molecule has 2 rings (SSSR count). The molecule has 1 heterocycles. The van der Waals surface area contributed by atoms with Gasteiger partial charge in [-0.15, -0.1) is 0 Å². The van der Waals surface area contributed by atoms with Gasteiger partial charge in [-0.2, -0.15) is 0 Å². The van der Waals surface area contributed by atoms with E-state index >= 15 is 0 Å². The summed E-state index contributed by atoms with van der Waals surface area (Å²) in [6.07, 6.45) is 10.6. The van der Waals surface area contributed by atoms with E-state index in [1.165, 1.54) is 32.4 Å². The van der Waals surface area contributed by atoms with Crippen molar-refractivity contribution in [3.05, 3.63) is 23.9 Å². The first-order valence-corrected chi connectivity index (χ1v) is 4.97. The smallest absolute Gasteiger partial charge is 0.0201 e. The fraction of sp³-hybridized carbons (Fsp3) is 0.636. The molecule has 0 saturated carbocycles. The summed E-state index contributed by atoms with van der Waals surface area (Å²) in [6.45, 7) is 4.90. The van der Waals surface area contributed by atoms with E-state index in [-0.39, 0.29) is 0 Å². The highest BCUT2D eigenvalue weighted by Crippen LogP contribution is 2.24. The predicted molar refractivity (Wildman–Crippen MR) is 51.8 cm³/mol. The number of nitrogens with zero attached hydrogens (tertiary/aromatic N) is 1. The lowest BCUT2D eigenvalue weighted by atomic mass is 10.1. The SMILES string of the molecule is CC1CCN(C2=CC=CCC2)C1. The van der Waals surface area contributed by atoms with Crippen LogP contribution in [-0.2, 0) is 0 Å². The molecule has 0 amide bonds. The lowest BCUT2D eigenvalue weighted by molar-refractivity contribution is 0.393. The van der Waals surface area contributed by atoms with Crippen molar-refractivity contribution in [3.63, 3.8) is 0 Å². The van der Waals surface area contributed by atoms with Crippen molar-refractivity contribution in [1.29, 1.82) is 0 Å². The third-order valence-corrected chi connectivity index (χ3v) is 2.82. The molecule has 1 fully saturated rings. The molecular weight excluding hydrogens is 146 g/mol. The second-order valence-corrected chi connectivity index (χ2v) is 3.96. The molecule has 0 aromatic carbocycles. The molecule has 1 saturated heterocycles. The number of hydrogen-bond acceptors (Lipinski definition) is 1. The fourth-order valence-electron chi connectivity index (χ4n) is 2.05. The molecule has 1 nitrogen and oxygen atoms in total. The van der Waals surface area contributed by atoms with Crippen LogP contribution in [0.15, 0.2) is 23.9 Å². The Morgan fingerprint density at radius 2 is 2.42 bits per heavy atom. The van der Waals surface area contributed by atoms with E-state index in [1.54, 1.807) is 5.70 Å². The highest BCUT2D eigenvalue weighted by molar-refractivity contribution is 5.17. The van der Waals surface area contributed by atoms with Gasteiger partial charge in [0.1, 0.15) is 0 Å². The summed E-state index contributed by atoms with van der Waals surface area (Å²) < 4.78 is 0. The van der Waals surface area contributed by atoms with Crippen LogP contribution < -0.4 is 0 Å². The summed E-state index contributed by atoms with van der Waals surface area (Å²) in [6, 6.07) is 0. The molecule has 1 aliphatic heterocycles. The monoisotopic (exact) mass is 163 g/mol. The van der Waals surface area contributed by atoms with Crippen molar-refractivity contribution in [2.45, 2.75) is 26.2 Å². The van der Waals surface area contributed by atoms with Gasteiger partial charge in [0.2, 0.25) is 0 Å². The number of rotatable bonds is 1. The normalized spacial score (nSPS) is 29.2. The summed E-state index contributed by atoms with van der Waals surface area (Å²) in [5.74, 6) is 0.900. The summed E-state index contributed by atoms with van der Waals surface area (Å²) in [7, 11) is 0. The Hall–Kier alpha value is -0.720. The maximum absolute atomic E-state index is 2.55. The Labute approximate surface area is 74.8 Å². The summed E-state index contributed by atoms with van der Waals surface area (Å²) in [5, 5.41) is 0. The first-order chi connectivity index (χ1) is 5.86. The van der Waals surface area contributed by atoms with Crippen molar-refractivity contribution in [1.82, 2.24) is 4.90 Å². The van der Waals surface area contributed by atoms with Crippen LogP contribution in [0.25, 0.3) is 0 Å². The van der Waals surface area contributed by atoms with Gasteiger partial charge in [-0.25, -0.2) is 0 Å². The van der Waals surface area contributed by atoms with Gasteiger partial charge in [-0.05, 0) is 31.3 Å². The third-order valence-electron chi connectivity index (χ3n) is 2.82. The highest BCUT2D eigenvalue weighted by atomic mass is 15.2. The molecule has 1 aliphatic carbocycles. The minimum atomic E-state index is 0.900. The Morgan fingerprint density at radius 1 is 1.50 bits per heavy atom. The minimum absolute atomic E-state index is 0.900. The second-order valence-electron chi connectivity index (χ2n) is 3.96. The zero-order valence-electron chi connectivity index (χ0n) is 7.79. The van der Waals surface area contributed by atoms with Gasteiger partial charge < -0.3 is 4.90 Å². The maximum atomic E-state index is 2.55. The molecule has 0 radical (unpaired) electrons. The van der Waals surface area contributed by atoms with Crippen LogP contribution in [0.2, 0.25) is 0 Å². The number of allylic oxidation sites excluding steroid dienone is 4. The van der Waals surface area contributed by atoms with Crippen LogP contribution >= 0.6 is 0 Å². The Balaban J connectivity index is 2.00. The lowest BCUT2D eigenvalue weighted by Gasteiger charge is -2.22. The van der Waals surface area contributed by atoms with E-state index in [4.69, 9.17) is 0 Å². The standard InChI is InChI=1S/C11H17N/c1-10-7-8-12(9-10)11-5-3-2-4-6-11/h2-3,5,10H,4,6-9H2,1H3. The Morgan fingerprint density at radius 3 is 3.00 bits per heavy atom. The van der Waals surface area contributed by atoms with Crippen LogP contribution in [0.1, 0.15) is 26.2 Å². The van der Waals surface area contributed by atoms with Gasteiger partial charge >= 0.3 is 0 Å². The molecular formula is C11H17N. The zero-order chi connectivity index (χ0) is 8.39. The summed E-state index contributed by atoms with van der Waals surface area (Å²) in [4.78, 5) is 2.55. The quantitative estimate of drug-likeness (QED) is 0.574. The van der Waals surface area contributed by atoms with E-state index in [0.717, 1.165) is 5.92 Å². The largest absolute Gasteiger partial charge is 0.375 e. The van der Waals surface area contributed by atoms with Gasteiger partial charge in [0, 0.05) is 18.8 Å². The molecule has 12 heavy (non-hydrogen) atoms. The van der Waals surface area contributed by atoms with Crippen LogP contribution in [0.3, 0.4) is 0 Å². The van der Waals surface area contributed by atoms with E-state index in [0.29, 0.717) is 0 Å². The van der Waals surface area contributed by atoms with Crippen LogP contribution in [0.5, 0.6) is 0 Å². The predicted octanol–water partition coefficient (Wildman–Crippen LogP) is 2.56. The van der Waals surface area contributed by atoms with Gasteiger partial charge in [0.15, 0.2) is 0 Å². The molecule has 1 unspecified atom stereocenters. The molecule has 0 aromatic heterocycles.